The Morgan fingerprint density at radius 2 is 2.14 bits per heavy atom. The van der Waals surface area contributed by atoms with Crippen molar-refractivity contribution in [3.05, 3.63) is 28.2 Å². The van der Waals surface area contributed by atoms with E-state index in [0.717, 1.165) is 28.8 Å². The fourth-order valence-corrected chi connectivity index (χ4v) is 2.12. The fraction of sp³-hybridized carbons (Fsp3) is 0.533. The molecule has 0 aliphatic carbocycles. The quantitative estimate of drug-likeness (QED) is 0.628. The Kier molecular flexibility index (Phi) is 9.05. The zero-order valence-corrected chi connectivity index (χ0v) is 14.2. The second-order valence-electron chi connectivity index (χ2n) is 4.56. The van der Waals surface area contributed by atoms with E-state index < -0.39 is 0 Å². The molecular weight excluding hydrogens is 336 g/mol. The summed E-state index contributed by atoms with van der Waals surface area (Å²) in [6.45, 7) is 4.78. The number of benzene rings is 1. The Hall–Kier alpha value is -1.11. The summed E-state index contributed by atoms with van der Waals surface area (Å²) in [6, 6.07) is 5.78. The third kappa shape index (κ3) is 7.45. The summed E-state index contributed by atoms with van der Waals surface area (Å²) in [7, 11) is 1.60. The first-order valence-corrected chi connectivity index (χ1v) is 7.84. The number of carbonyl (C=O) groups is 1. The van der Waals surface area contributed by atoms with Gasteiger partial charge in [0.25, 0.3) is 5.91 Å². The molecule has 0 unspecified atom stereocenters. The lowest BCUT2D eigenvalue weighted by Crippen LogP contribution is -2.31. The van der Waals surface area contributed by atoms with Crippen molar-refractivity contribution in [3.63, 3.8) is 0 Å². The minimum absolute atomic E-state index is 0.00608. The van der Waals surface area contributed by atoms with Crippen molar-refractivity contribution in [1.29, 1.82) is 0 Å². The Bertz CT molecular complexity index is 441. The summed E-state index contributed by atoms with van der Waals surface area (Å²) in [5.41, 5.74) is 1.03. The Labute approximate surface area is 134 Å². The van der Waals surface area contributed by atoms with Crippen LogP contribution in [0.3, 0.4) is 0 Å². The summed E-state index contributed by atoms with van der Waals surface area (Å²) in [5, 5.41) is 6.05. The molecule has 0 saturated carbocycles. The van der Waals surface area contributed by atoms with Crippen molar-refractivity contribution in [2.75, 3.05) is 33.4 Å². The van der Waals surface area contributed by atoms with E-state index in [9.17, 15) is 4.79 Å². The average molecular weight is 359 g/mol. The lowest BCUT2D eigenvalue weighted by atomic mass is 10.2. The molecule has 1 aromatic rings. The number of hydrogen-bond donors (Lipinski definition) is 2. The highest BCUT2D eigenvalue weighted by Crippen LogP contribution is 2.23. The van der Waals surface area contributed by atoms with Gasteiger partial charge >= 0.3 is 0 Å². The molecule has 1 rings (SSSR count). The Morgan fingerprint density at radius 3 is 2.86 bits per heavy atom. The van der Waals surface area contributed by atoms with Crippen LogP contribution in [0.25, 0.3) is 0 Å². The van der Waals surface area contributed by atoms with Gasteiger partial charge in [-0.1, -0.05) is 22.9 Å². The molecule has 0 bridgehead atoms. The van der Waals surface area contributed by atoms with E-state index in [1.54, 1.807) is 7.11 Å². The number of amides is 1. The first-order chi connectivity index (χ1) is 10.2. The molecule has 0 heterocycles. The summed E-state index contributed by atoms with van der Waals surface area (Å²) < 4.78 is 11.5. The van der Waals surface area contributed by atoms with Gasteiger partial charge in [-0.2, -0.15) is 0 Å². The van der Waals surface area contributed by atoms with Gasteiger partial charge in [0.15, 0.2) is 6.61 Å². The predicted molar refractivity (Wildman–Crippen MR) is 86.5 cm³/mol. The molecule has 0 aromatic heterocycles. The molecule has 5 nitrogen and oxygen atoms in total. The van der Waals surface area contributed by atoms with E-state index in [2.05, 4.69) is 33.5 Å². The van der Waals surface area contributed by atoms with Crippen molar-refractivity contribution in [1.82, 2.24) is 10.6 Å². The van der Waals surface area contributed by atoms with Crippen molar-refractivity contribution < 1.29 is 14.3 Å². The number of ether oxygens (including phenoxy) is 2. The SMILES string of the molecule is CCCNCc1cc(Br)ccc1OCC(=O)NCCOC. The summed E-state index contributed by atoms with van der Waals surface area (Å²) in [4.78, 5) is 11.6. The molecule has 0 fully saturated rings. The highest BCUT2D eigenvalue weighted by molar-refractivity contribution is 9.10. The molecule has 0 radical (unpaired) electrons. The zero-order valence-electron chi connectivity index (χ0n) is 12.6. The normalized spacial score (nSPS) is 10.4. The lowest BCUT2D eigenvalue weighted by Gasteiger charge is -2.12. The molecule has 0 atom stereocenters. The van der Waals surface area contributed by atoms with Crippen LogP contribution in [-0.4, -0.2) is 39.3 Å². The lowest BCUT2D eigenvalue weighted by molar-refractivity contribution is -0.123. The fourth-order valence-electron chi connectivity index (χ4n) is 1.71. The Balaban J connectivity index is 2.50. The third-order valence-electron chi connectivity index (χ3n) is 2.75. The second-order valence-corrected chi connectivity index (χ2v) is 5.48. The zero-order chi connectivity index (χ0) is 15.5. The van der Waals surface area contributed by atoms with Crippen molar-refractivity contribution >= 4 is 21.8 Å². The first kappa shape index (κ1) is 17.9. The van der Waals surface area contributed by atoms with E-state index in [-0.39, 0.29) is 12.5 Å². The van der Waals surface area contributed by atoms with Gasteiger partial charge in [0.05, 0.1) is 6.61 Å². The largest absolute Gasteiger partial charge is 0.483 e. The highest BCUT2D eigenvalue weighted by Gasteiger charge is 2.07. The van der Waals surface area contributed by atoms with Gasteiger partial charge in [0.2, 0.25) is 0 Å². The van der Waals surface area contributed by atoms with Crippen LogP contribution < -0.4 is 15.4 Å². The van der Waals surface area contributed by atoms with E-state index in [4.69, 9.17) is 9.47 Å². The summed E-state index contributed by atoms with van der Waals surface area (Å²) in [6.07, 6.45) is 1.08. The number of methoxy groups -OCH3 is 1. The number of carbonyl (C=O) groups excluding carboxylic acids is 1. The van der Waals surface area contributed by atoms with Gasteiger partial charge in [-0.05, 0) is 31.2 Å². The van der Waals surface area contributed by atoms with Crippen LogP contribution in [0.15, 0.2) is 22.7 Å². The van der Waals surface area contributed by atoms with Crippen LogP contribution in [-0.2, 0) is 16.1 Å². The van der Waals surface area contributed by atoms with Crippen molar-refractivity contribution in [2.45, 2.75) is 19.9 Å². The van der Waals surface area contributed by atoms with Crippen LogP contribution >= 0.6 is 15.9 Å². The summed E-state index contributed by atoms with van der Waals surface area (Å²) in [5.74, 6) is 0.575. The maximum absolute atomic E-state index is 11.6. The van der Waals surface area contributed by atoms with Gasteiger partial charge in [-0.15, -0.1) is 0 Å². The molecule has 0 spiro atoms. The number of nitrogens with one attached hydrogen (secondary N) is 2. The molecule has 6 heteroatoms. The molecule has 0 aliphatic rings. The standard InChI is InChI=1S/C15H23BrN2O3/c1-3-6-17-10-12-9-13(16)4-5-14(12)21-11-15(19)18-7-8-20-2/h4-5,9,17H,3,6-8,10-11H2,1-2H3,(H,18,19). The topological polar surface area (TPSA) is 59.6 Å². The molecule has 2 N–H and O–H groups in total. The van der Waals surface area contributed by atoms with Gasteiger partial charge in [-0.25, -0.2) is 0 Å². The van der Waals surface area contributed by atoms with E-state index in [0.29, 0.717) is 19.7 Å². The van der Waals surface area contributed by atoms with Crippen LogP contribution in [0.4, 0.5) is 0 Å². The number of rotatable bonds is 10. The molecule has 0 aliphatic heterocycles. The van der Waals surface area contributed by atoms with Crippen LogP contribution in [0.2, 0.25) is 0 Å². The number of hydrogen-bond acceptors (Lipinski definition) is 4. The van der Waals surface area contributed by atoms with Crippen molar-refractivity contribution in [3.8, 4) is 5.75 Å². The number of halogens is 1. The molecule has 1 aromatic carbocycles. The van der Waals surface area contributed by atoms with E-state index in [1.165, 1.54) is 0 Å². The second kappa shape index (κ2) is 10.6. The minimum Gasteiger partial charge on any atom is -0.483 e. The van der Waals surface area contributed by atoms with Gasteiger partial charge in [0, 0.05) is 30.2 Å². The van der Waals surface area contributed by atoms with Crippen LogP contribution in [0, 0.1) is 0 Å². The maximum Gasteiger partial charge on any atom is 0.258 e. The monoisotopic (exact) mass is 358 g/mol. The smallest absolute Gasteiger partial charge is 0.258 e. The van der Waals surface area contributed by atoms with Crippen molar-refractivity contribution in [2.24, 2.45) is 0 Å². The molecule has 0 saturated heterocycles. The van der Waals surface area contributed by atoms with E-state index >= 15 is 0 Å². The van der Waals surface area contributed by atoms with Crippen LogP contribution in [0.1, 0.15) is 18.9 Å². The third-order valence-corrected chi connectivity index (χ3v) is 3.25. The van der Waals surface area contributed by atoms with Gasteiger partial charge < -0.3 is 20.1 Å². The molecule has 118 valence electrons. The maximum atomic E-state index is 11.6. The molecular formula is C15H23BrN2O3. The van der Waals surface area contributed by atoms with E-state index in [1.807, 2.05) is 18.2 Å². The minimum atomic E-state index is -0.151. The average Bonchev–Trinajstić information content (AvgIpc) is 2.47. The first-order valence-electron chi connectivity index (χ1n) is 7.05. The highest BCUT2D eigenvalue weighted by atomic mass is 79.9. The molecule has 21 heavy (non-hydrogen) atoms. The van der Waals surface area contributed by atoms with Gasteiger partial charge in [-0.3, -0.25) is 4.79 Å². The van der Waals surface area contributed by atoms with Crippen LogP contribution in [0.5, 0.6) is 5.75 Å². The van der Waals surface area contributed by atoms with Gasteiger partial charge in [0.1, 0.15) is 5.75 Å². The Morgan fingerprint density at radius 1 is 1.33 bits per heavy atom. The molecule has 1 amide bonds. The predicted octanol–water partition coefficient (Wildman–Crippen LogP) is 2.09. The summed E-state index contributed by atoms with van der Waals surface area (Å²) >= 11 is 3.45.